The number of hydrogen-bond acceptors (Lipinski definition) is 4. The number of aliphatic carboxylic acids is 1. The lowest BCUT2D eigenvalue weighted by molar-refractivity contribution is -0.233. The molecule has 4 fully saturated rings. The fourth-order valence-electron chi connectivity index (χ4n) is 14.0. The number of carboxylic acids is 1. The van der Waals surface area contributed by atoms with Crippen LogP contribution in [0.3, 0.4) is 0 Å². The molecule has 2 aromatic rings. The first kappa shape index (κ1) is 40.4. The highest BCUT2D eigenvalue weighted by Gasteiger charge is 2.69. The highest BCUT2D eigenvalue weighted by molar-refractivity contribution is 6.30. The molecule has 1 aromatic carbocycles. The van der Waals surface area contributed by atoms with Crippen LogP contribution in [0.2, 0.25) is 5.02 Å². The maximum atomic E-state index is 13.5. The normalized spacial score (nSPS) is 35.5. The van der Waals surface area contributed by atoms with Crippen molar-refractivity contribution in [2.75, 3.05) is 0 Å². The van der Waals surface area contributed by atoms with Gasteiger partial charge in [0.05, 0.1) is 18.4 Å². The molecule has 0 saturated heterocycles. The molecule has 5 aliphatic carbocycles. The minimum absolute atomic E-state index is 0.0617. The monoisotopic (exact) mass is 774 g/mol. The first-order chi connectivity index (χ1) is 25.6. The molecule has 302 valence electrons. The fourth-order valence-corrected chi connectivity index (χ4v) is 14.1. The largest absolute Gasteiger partial charge is 0.481 e. The highest BCUT2D eigenvalue weighted by atomic mass is 35.5. The van der Waals surface area contributed by atoms with Gasteiger partial charge in [-0.3, -0.25) is 19.1 Å². The SMILES string of the molecule is CC(C)C1=C2[C@H]3CC[C@@H]4[C@@]5(C)CC[C@H](OC(=O)CC(C)(C)C(=O)O)C(C)(C)[C@@H]5CC[C@@]4(C)[C@]3(C)CC[C@@]2(Cc2cc(=O)n(Cc3ccc(Cl)cc3)n2C)CC1. The molecule has 8 heteroatoms. The molecular formula is C47H67ClN2O5. The van der Waals surface area contributed by atoms with Gasteiger partial charge in [-0.1, -0.05) is 83.3 Å². The molecule has 0 amide bonds. The summed E-state index contributed by atoms with van der Waals surface area (Å²) >= 11 is 6.16. The minimum Gasteiger partial charge on any atom is -0.481 e. The van der Waals surface area contributed by atoms with Crippen molar-refractivity contribution < 1.29 is 19.4 Å². The quantitative estimate of drug-likeness (QED) is 0.202. The van der Waals surface area contributed by atoms with E-state index in [1.807, 2.05) is 35.0 Å². The predicted octanol–water partition coefficient (Wildman–Crippen LogP) is 10.6. The second-order valence-corrected chi connectivity index (χ2v) is 21.5. The number of fused-ring (bicyclic) bond motifs is 7. The number of carbonyl (C=O) groups is 2. The van der Waals surface area contributed by atoms with E-state index in [0.29, 0.717) is 35.2 Å². The smallest absolute Gasteiger partial charge is 0.309 e. The summed E-state index contributed by atoms with van der Waals surface area (Å²) in [5.41, 5.74) is 4.97. The van der Waals surface area contributed by atoms with Crippen LogP contribution >= 0.6 is 11.6 Å². The molecule has 1 heterocycles. The molecule has 0 spiro atoms. The van der Waals surface area contributed by atoms with Crippen molar-refractivity contribution in [1.29, 1.82) is 0 Å². The lowest BCUT2D eigenvalue weighted by Gasteiger charge is -2.72. The Labute approximate surface area is 334 Å². The number of nitrogens with zero attached hydrogens (tertiary/aromatic N) is 2. The van der Waals surface area contributed by atoms with Gasteiger partial charge in [0, 0.05) is 29.2 Å². The average Bonchev–Trinajstić information content (AvgIpc) is 3.60. The number of halogens is 1. The Balaban J connectivity index is 1.16. The van der Waals surface area contributed by atoms with Crippen LogP contribution in [-0.4, -0.2) is 32.5 Å². The molecule has 55 heavy (non-hydrogen) atoms. The number of rotatable bonds is 9. The summed E-state index contributed by atoms with van der Waals surface area (Å²) < 4.78 is 10.2. The Morgan fingerprint density at radius 2 is 1.62 bits per heavy atom. The molecule has 4 saturated carbocycles. The Morgan fingerprint density at radius 3 is 2.27 bits per heavy atom. The van der Waals surface area contributed by atoms with Gasteiger partial charge in [-0.2, -0.15) is 0 Å². The Kier molecular flexibility index (Phi) is 10.0. The molecule has 0 bridgehead atoms. The van der Waals surface area contributed by atoms with E-state index < -0.39 is 17.4 Å². The van der Waals surface area contributed by atoms with Crippen LogP contribution in [0.5, 0.6) is 0 Å². The third-order valence-corrected chi connectivity index (χ3v) is 17.5. The number of allylic oxidation sites excluding steroid dienone is 2. The van der Waals surface area contributed by atoms with Crippen molar-refractivity contribution in [3.05, 3.63) is 68.1 Å². The van der Waals surface area contributed by atoms with Crippen LogP contribution in [0.4, 0.5) is 0 Å². The van der Waals surface area contributed by atoms with Gasteiger partial charge in [-0.25, -0.2) is 4.68 Å². The second-order valence-electron chi connectivity index (χ2n) is 21.1. The summed E-state index contributed by atoms with van der Waals surface area (Å²) in [7, 11) is 2.07. The van der Waals surface area contributed by atoms with Gasteiger partial charge in [0.25, 0.3) is 5.56 Å². The summed E-state index contributed by atoms with van der Waals surface area (Å²) in [5, 5.41) is 10.3. The van der Waals surface area contributed by atoms with Gasteiger partial charge < -0.3 is 9.84 Å². The lowest BCUT2D eigenvalue weighted by atomic mass is 9.33. The van der Waals surface area contributed by atoms with E-state index >= 15 is 0 Å². The lowest BCUT2D eigenvalue weighted by Crippen LogP contribution is -2.65. The van der Waals surface area contributed by atoms with E-state index in [0.717, 1.165) is 43.4 Å². The molecule has 5 aliphatic rings. The molecule has 7 rings (SSSR count). The first-order valence-electron chi connectivity index (χ1n) is 21.3. The number of benzene rings is 1. The van der Waals surface area contributed by atoms with Crippen LogP contribution in [-0.2, 0) is 34.3 Å². The zero-order valence-corrected chi connectivity index (χ0v) is 36.1. The fraction of sp³-hybridized carbons (Fsp3) is 0.723. The molecule has 0 unspecified atom stereocenters. The summed E-state index contributed by atoms with van der Waals surface area (Å²) in [4.78, 5) is 38.4. The number of carboxylic acid groups (broad SMARTS) is 1. The number of aromatic nitrogens is 2. The van der Waals surface area contributed by atoms with Crippen molar-refractivity contribution in [3.63, 3.8) is 0 Å². The summed E-state index contributed by atoms with van der Waals surface area (Å²) in [5.74, 6) is 0.697. The van der Waals surface area contributed by atoms with Crippen molar-refractivity contribution in [2.45, 2.75) is 152 Å². The Bertz CT molecular complexity index is 1940. The van der Waals surface area contributed by atoms with Gasteiger partial charge in [0.15, 0.2) is 0 Å². The number of carbonyl (C=O) groups excluding carboxylic acids is 1. The third-order valence-electron chi connectivity index (χ3n) is 17.3. The van der Waals surface area contributed by atoms with Crippen molar-refractivity contribution in [3.8, 4) is 0 Å². The standard InChI is InChI=1S/C47H67ClN2O5/c1-29(2)33-17-22-47(26-32-25-38(51)50(49(32)10)28-30-11-13-31(48)14-12-30)24-23-45(8)34(40(33)47)15-16-36-44(7)20-19-37(55-39(52)27-42(3,4)41(53)54)43(5,6)35(44)18-21-46(36,45)9/h11-14,25,29,34-37H,15-24,26-28H2,1-10H3,(H,53,54)/t34-,35+,36-,37+,44+,45-,46-,47-/m1/s1. The van der Waals surface area contributed by atoms with Crippen molar-refractivity contribution in [2.24, 2.45) is 63.2 Å². The van der Waals surface area contributed by atoms with E-state index in [-0.39, 0.29) is 45.2 Å². The molecule has 1 aromatic heterocycles. The maximum absolute atomic E-state index is 13.5. The van der Waals surface area contributed by atoms with Crippen LogP contribution in [0.15, 0.2) is 46.3 Å². The number of esters is 1. The topological polar surface area (TPSA) is 90.5 Å². The van der Waals surface area contributed by atoms with E-state index in [2.05, 4.69) is 60.2 Å². The van der Waals surface area contributed by atoms with Crippen LogP contribution in [0.1, 0.15) is 144 Å². The van der Waals surface area contributed by atoms with E-state index in [4.69, 9.17) is 16.3 Å². The Hall–Kier alpha value is -2.80. The van der Waals surface area contributed by atoms with Crippen LogP contribution < -0.4 is 5.56 Å². The maximum Gasteiger partial charge on any atom is 0.309 e. The van der Waals surface area contributed by atoms with E-state index in [9.17, 15) is 19.5 Å². The van der Waals surface area contributed by atoms with Gasteiger partial charge in [-0.15, -0.1) is 0 Å². The number of ether oxygens (including phenoxy) is 1. The van der Waals surface area contributed by atoms with Crippen LogP contribution in [0, 0.1) is 56.2 Å². The first-order valence-corrected chi connectivity index (χ1v) is 21.6. The molecule has 1 N–H and O–H groups in total. The average molecular weight is 776 g/mol. The molecule has 0 radical (unpaired) electrons. The minimum atomic E-state index is -1.15. The van der Waals surface area contributed by atoms with Gasteiger partial charge >= 0.3 is 11.9 Å². The second kappa shape index (κ2) is 13.7. The third kappa shape index (κ3) is 6.31. The zero-order valence-electron chi connectivity index (χ0n) is 35.3. The molecular weight excluding hydrogens is 708 g/mol. The van der Waals surface area contributed by atoms with Crippen LogP contribution in [0.25, 0.3) is 0 Å². The summed E-state index contributed by atoms with van der Waals surface area (Å²) in [6, 6.07) is 9.71. The molecule has 7 nitrogen and oxygen atoms in total. The van der Waals surface area contributed by atoms with Gasteiger partial charge in [0.2, 0.25) is 0 Å². The highest BCUT2D eigenvalue weighted by Crippen LogP contribution is 2.77. The van der Waals surface area contributed by atoms with E-state index in [1.165, 1.54) is 38.5 Å². The summed E-state index contributed by atoms with van der Waals surface area (Å²) in [6.45, 7) is 21.1. The molecule has 0 aliphatic heterocycles. The predicted molar refractivity (Wildman–Crippen MR) is 219 cm³/mol. The van der Waals surface area contributed by atoms with Gasteiger partial charge in [-0.05, 0) is 148 Å². The van der Waals surface area contributed by atoms with Crippen molar-refractivity contribution >= 4 is 23.5 Å². The molecule has 8 atom stereocenters. The summed E-state index contributed by atoms with van der Waals surface area (Å²) in [6.07, 6.45) is 11.9. The van der Waals surface area contributed by atoms with E-state index in [1.54, 1.807) is 25.0 Å². The number of hydrogen-bond donors (Lipinski definition) is 1. The van der Waals surface area contributed by atoms with Crippen molar-refractivity contribution in [1.82, 2.24) is 9.36 Å². The zero-order chi connectivity index (χ0) is 40.1. The van der Waals surface area contributed by atoms with Gasteiger partial charge in [0.1, 0.15) is 6.10 Å². The Morgan fingerprint density at radius 1 is 0.927 bits per heavy atom.